The molecule has 0 aliphatic heterocycles. The fourth-order valence-corrected chi connectivity index (χ4v) is 2.16. The van der Waals surface area contributed by atoms with Gasteiger partial charge in [-0.25, -0.2) is 0 Å². The van der Waals surface area contributed by atoms with Crippen LogP contribution in [-0.4, -0.2) is 0 Å². The van der Waals surface area contributed by atoms with E-state index < -0.39 is 0 Å². The van der Waals surface area contributed by atoms with E-state index in [9.17, 15) is 0 Å². The van der Waals surface area contributed by atoms with Gasteiger partial charge in [0.15, 0.2) is 0 Å². The molecule has 0 fully saturated rings. The van der Waals surface area contributed by atoms with Crippen LogP contribution in [0.2, 0.25) is 0 Å². The van der Waals surface area contributed by atoms with Crippen molar-refractivity contribution in [3.05, 3.63) is 47.1 Å². The van der Waals surface area contributed by atoms with Gasteiger partial charge in [0, 0.05) is 0 Å². The fraction of sp³-hybridized carbons (Fsp3) is 0.733. The molecule has 0 bridgehead atoms. The van der Waals surface area contributed by atoms with Crippen LogP contribution >= 0.6 is 0 Å². The normalized spacial score (nSPS) is 13.5. The Labute approximate surface area is 194 Å². The van der Waals surface area contributed by atoms with E-state index in [2.05, 4.69) is 127 Å². The molecule has 0 saturated heterocycles. The summed E-state index contributed by atoms with van der Waals surface area (Å²) in [5.41, 5.74) is 4.92. The SMILES string of the molecule is C/C=C(/C)[C@H](C)CC.C/C=C\C(C)(C)CC.CC/C=C(/C)CC.CC/C=C(\C)CC. The topological polar surface area (TPSA) is 0 Å². The van der Waals surface area contributed by atoms with Gasteiger partial charge in [-0.15, -0.1) is 0 Å². The molecule has 0 rings (SSSR count). The average Bonchev–Trinajstić information content (AvgIpc) is 2.74. The first kappa shape index (κ1) is 36.3. The molecule has 0 saturated carbocycles. The van der Waals surface area contributed by atoms with Gasteiger partial charge in [0.1, 0.15) is 0 Å². The van der Waals surface area contributed by atoms with Crippen LogP contribution in [-0.2, 0) is 0 Å². The molecule has 0 radical (unpaired) electrons. The third-order valence-corrected chi connectivity index (χ3v) is 5.59. The third-order valence-electron chi connectivity index (χ3n) is 5.59. The first-order valence-electron chi connectivity index (χ1n) is 12.5. The van der Waals surface area contributed by atoms with Crippen molar-refractivity contribution in [2.45, 2.75) is 135 Å². The summed E-state index contributed by atoms with van der Waals surface area (Å²) < 4.78 is 0. The van der Waals surface area contributed by atoms with Gasteiger partial charge in [-0.2, -0.15) is 0 Å². The maximum absolute atomic E-state index is 2.26. The summed E-state index contributed by atoms with van der Waals surface area (Å²) in [6.45, 7) is 30.6. The predicted octanol–water partition coefficient (Wildman–Crippen LogP) is 11.5. The van der Waals surface area contributed by atoms with Crippen LogP contribution in [0.4, 0.5) is 0 Å². The van der Waals surface area contributed by atoms with Crippen LogP contribution in [0.25, 0.3) is 0 Å². The Morgan fingerprint density at radius 2 is 1.17 bits per heavy atom. The first-order chi connectivity index (χ1) is 14.0. The highest BCUT2D eigenvalue weighted by Crippen LogP contribution is 2.20. The molecule has 0 heterocycles. The Morgan fingerprint density at radius 1 is 0.767 bits per heavy atom. The summed E-state index contributed by atoms with van der Waals surface area (Å²) in [6.07, 6.45) is 18.3. The average molecular weight is 421 g/mol. The number of rotatable bonds is 8. The van der Waals surface area contributed by atoms with Gasteiger partial charge in [-0.1, -0.05) is 109 Å². The molecule has 0 heteroatoms. The third kappa shape index (κ3) is 31.6. The molecule has 1 atom stereocenters. The molecule has 0 aliphatic rings. The van der Waals surface area contributed by atoms with Crippen molar-refractivity contribution in [2.75, 3.05) is 0 Å². The molecule has 30 heavy (non-hydrogen) atoms. The van der Waals surface area contributed by atoms with Crippen LogP contribution in [0.3, 0.4) is 0 Å². The molecule has 0 aromatic heterocycles. The van der Waals surface area contributed by atoms with Crippen molar-refractivity contribution in [2.24, 2.45) is 11.3 Å². The minimum atomic E-state index is 0.411. The molecule has 0 amide bonds. The molecule has 0 unspecified atom stereocenters. The van der Waals surface area contributed by atoms with Crippen LogP contribution in [0.15, 0.2) is 47.1 Å². The molecule has 0 aromatic carbocycles. The van der Waals surface area contributed by atoms with Crippen molar-refractivity contribution in [1.29, 1.82) is 0 Å². The molecular formula is C30H60. The van der Waals surface area contributed by atoms with E-state index in [0.29, 0.717) is 5.41 Å². The molecule has 180 valence electrons. The monoisotopic (exact) mass is 420 g/mol. The van der Waals surface area contributed by atoms with Gasteiger partial charge in [-0.3, -0.25) is 0 Å². The van der Waals surface area contributed by atoms with Crippen molar-refractivity contribution < 1.29 is 0 Å². The summed E-state index contributed by atoms with van der Waals surface area (Å²) in [7, 11) is 0. The Balaban J connectivity index is -0.000000151. The second-order valence-corrected chi connectivity index (χ2v) is 8.81. The lowest BCUT2D eigenvalue weighted by Gasteiger charge is -2.15. The largest absolute Gasteiger partial charge is 0.0911 e. The van der Waals surface area contributed by atoms with E-state index in [0.717, 1.165) is 5.92 Å². The van der Waals surface area contributed by atoms with E-state index in [-0.39, 0.29) is 0 Å². The van der Waals surface area contributed by atoms with Gasteiger partial charge < -0.3 is 0 Å². The second kappa shape index (κ2) is 26.0. The lowest BCUT2D eigenvalue weighted by atomic mass is 9.90. The van der Waals surface area contributed by atoms with Gasteiger partial charge in [0.05, 0.1) is 0 Å². The van der Waals surface area contributed by atoms with Gasteiger partial charge in [0.2, 0.25) is 0 Å². The number of hydrogen-bond donors (Lipinski definition) is 0. The summed E-state index contributed by atoms with van der Waals surface area (Å²) in [5.74, 6) is 0.778. The lowest BCUT2D eigenvalue weighted by Crippen LogP contribution is -2.03. The lowest BCUT2D eigenvalue weighted by molar-refractivity contribution is 0.461. The van der Waals surface area contributed by atoms with Crippen molar-refractivity contribution >= 4 is 0 Å². The first-order valence-corrected chi connectivity index (χ1v) is 12.5. The number of hydrogen-bond acceptors (Lipinski definition) is 0. The summed E-state index contributed by atoms with van der Waals surface area (Å²) in [6, 6.07) is 0. The highest BCUT2D eigenvalue weighted by Gasteiger charge is 2.07. The molecule has 0 nitrogen and oxygen atoms in total. The predicted molar refractivity (Wildman–Crippen MR) is 146 cm³/mol. The molecule has 0 spiro atoms. The zero-order valence-corrected chi connectivity index (χ0v) is 23.7. The minimum Gasteiger partial charge on any atom is -0.0911 e. The van der Waals surface area contributed by atoms with Crippen molar-refractivity contribution in [1.82, 2.24) is 0 Å². The second-order valence-electron chi connectivity index (χ2n) is 8.81. The molecule has 0 aliphatic carbocycles. The van der Waals surface area contributed by atoms with E-state index in [1.165, 1.54) is 55.2 Å². The van der Waals surface area contributed by atoms with E-state index in [1.807, 2.05) is 0 Å². The van der Waals surface area contributed by atoms with Crippen LogP contribution in [0, 0.1) is 11.3 Å². The smallest absolute Gasteiger partial charge is 0.0178 e. The summed E-state index contributed by atoms with van der Waals surface area (Å²) >= 11 is 0. The fourth-order valence-electron chi connectivity index (χ4n) is 2.16. The Kier molecular flexibility index (Phi) is 31.5. The van der Waals surface area contributed by atoms with E-state index >= 15 is 0 Å². The van der Waals surface area contributed by atoms with E-state index in [1.54, 1.807) is 0 Å². The van der Waals surface area contributed by atoms with Gasteiger partial charge >= 0.3 is 0 Å². The highest BCUT2D eigenvalue weighted by atomic mass is 14.1. The number of allylic oxidation sites excluding steroid dienone is 8. The van der Waals surface area contributed by atoms with Crippen molar-refractivity contribution in [3.63, 3.8) is 0 Å². The Morgan fingerprint density at radius 3 is 1.27 bits per heavy atom. The zero-order chi connectivity index (χ0) is 24.6. The molecule has 0 aromatic rings. The standard InChI is InChI=1S/2C8H16.2C7H14/c1-5-7-8(3,4)6-2;1-5-7(3)8(4)6-2;2*1-4-6-7(3)5-2/h5,7H,6H2,1-4H3;5,8H,6H2,1-4H3;2*6H,4-5H2,1-3H3/b2*7-5-;7-6+;7-6-/t;8-;;/m.1../s1. The minimum absolute atomic E-state index is 0.411. The Bertz CT molecular complexity index is 434. The van der Waals surface area contributed by atoms with Crippen LogP contribution < -0.4 is 0 Å². The Hall–Kier alpha value is -1.04. The molecule has 0 N–H and O–H groups in total. The highest BCUT2D eigenvalue weighted by molar-refractivity contribution is 4.99. The van der Waals surface area contributed by atoms with Crippen LogP contribution in [0.1, 0.15) is 135 Å². The summed E-state index contributed by atoms with van der Waals surface area (Å²) in [5, 5.41) is 0. The van der Waals surface area contributed by atoms with E-state index in [4.69, 9.17) is 0 Å². The maximum Gasteiger partial charge on any atom is -0.0178 e. The van der Waals surface area contributed by atoms with Crippen molar-refractivity contribution in [3.8, 4) is 0 Å². The quantitative estimate of drug-likeness (QED) is 0.342. The van der Waals surface area contributed by atoms with Crippen LogP contribution in [0.5, 0.6) is 0 Å². The summed E-state index contributed by atoms with van der Waals surface area (Å²) in [4.78, 5) is 0. The van der Waals surface area contributed by atoms with Gasteiger partial charge in [0.25, 0.3) is 0 Å². The maximum atomic E-state index is 2.26. The van der Waals surface area contributed by atoms with Gasteiger partial charge in [-0.05, 0) is 84.5 Å². The zero-order valence-electron chi connectivity index (χ0n) is 23.7. The molecular weight excluding hydrogens is 360 g/mol.